The minimum absolute atomic E-state index is 0.00875. The van der Waals surface area contributed by atoms with Gasteiger partial charge in [-0.25, -0.2) is 8.42 Å². The Kier molecular flexibility index (Phi) is 5.66. The second-order valence-corrected chi connectivity index (χ2v) is 9.26. The molecule has 25 heavy (non-hydrogen) atoms. The van der Waals surface area contributed by atoms with E-state index in [1.54, 1.807) is 16.7 Å². The average Bonchev–Trinajstić information content (AvgIpc) is 3.11. The summed E-state index contributed by atoms with van der Waals surface area (Å²) in [7, 11) is -1.73. The number of nitrogens with zero attached hydrogens (tertiary/aromatic N) is 4. The van der Waals surface area contributed by atoms with E-state index in [1.165, 1.54) is 7.11 Å². The van der Waals surface area contributed by atoms with Gasteiger partial charge in [0.05, 0.1) is 29.8 Å². The average molecular weight is 390 g/mol. The van der Waals surface area contributed by atoms with Crippen molar-refractivity contribution < 1.29 is 22.5 Å². The van der Waals surface area contributed by atoms with Gasteiger partial charge in [0.1, 0.15) is 6.61 Å². The molecular formula is C14H22N4O5S2. The maximum atomic E-state index is 12.2. The van der Waals surface area contributed by atoms with E-state index >= 15 is 0 Å². The minimum Gasteiger partial charge on any atom is -0.375 e. The second-order valence-electron chi connectivity index (χ2n) is 6.24. The van der Waals surface area contributed by atoms with E-state index in [0.29, 0.717) is 37.1 Å². The summed E-state index contributed by atoms with van der Waals surface area (Å²) in [6.45, 7) is 1.38. The van der Waals surface area contributed by atoms with E-state index in [0.717, 1.165) is 0 Å². The fraction of sp³-hybridized carbons (Fsp3) is 0.786. The Hall–Kier alpha value is -1.17. The van der Waals surface area contributed by atoms with E-state index < -0.39 is 9.84 Å². The molecule has 2 fully saturated rings. The summed E-state index contributed by atoms with van der Waals surface area (Å²) >= 11 is 1.60. The lowest BCUT2D eigenvalue weighted by Gasteiger charge is -2.43. The van der Waals surface area contributed by atoms with Crippen LogP contribution in [0.2, 0.25) is 0 Å². The highest BCUT2D eigenvalue weighted by Gasteiger charge is 2.48. The zero-order chi connectivity index (χ0) is 18.0. The van der Waals surface area contributed by atoms with Crippen LogP contribution in [0.3, 0.4) is 0 Å². The monoisotopic (exact) mass is 390 g/mol. The van der Waals surface area contributed by atoms with Gasteiger partial charge in [0.2, 0.25) is 11.8 Å². The molecule has 0 aliphatic carbocycles. The van der Waals surface area contributed by atoms with Crippen LogP contribution in [0.4, 0.5) is 0 Å². The molecule has 9 nitrogen and oxygen atoms in total. The number of piperazine rings is 1. The van der Waals surface area contributed by atoms with Crippen molar-refractivity contribution in [2.75, 3.05) is 44.6 Å². The lowest BCUT2D eigenvalue weighted by Crippen LogP contribution is -2.60. The number of carbonyl (C=O) groups excluding carboxylic acids is 1. The van der Waals surface area contributed by atoms with Crippen molar-refractivity contribution in [3.63, 3.8) is 0 Å². The maximum Gasteiger partial charge on any atom is 0.248 e. The van der Waals surface area contributed by atoms with Gasteiger partial charge in [-0.1, -0.05) is 5.16 Å². The van der Waals surface area contributed by atoms with Gasteiger partial charge in [-0.3, -0.25) is 9.69 Å². The quantitative estimate of drug-likeness (QED) is 0.629. The molecule has 11 heteroatoms. The molecule has 1 aromatic rings. The number of hydrogen-bond acceptors (Lipinski definition) is 9. The van der Waals surface area contributed by atoms with E-state index in [9.17, 15) is 13.2 Å². The number of methoxy groups -OCH3 is 1. The van der Waals surface area contributed by atoms with Gasteiger partial charge in [0.15, 0.2) is 15.7 Å². The van der Waals surface area contributed by atoms with Crippen LogP contribution in [0, 0.1) is 0 Å². The Labute approximate surface area is 151 Å². The largest absolute Gasteiger partial charge is 0.375 e. The highest BCUT2D eigenvalue weighted by atomic mass is 32.2. The Balaban J connectivity index is 1.75. The Bertz CT molecular complexity index is 723. The van der Waals surface area contributed by atoms with E-state index in [1.807, 2.05) is 11.2 Å². The zero-order valence-corrected chi connectivity index (χ0v) is 15.9. The normalized spacial score (nSPS) is 25.9. The van der Waals surface area contributed by atoms with Gasteiger partial charge in [-0.15, -0.1) is 0 Å². The van der Waals surface area contributed by atoms with Crippen molar-refractivity contribution in [1.29, 1.82) is 0 Å². The van der Waals surface area contributed by atoms with Crippen LogP contribution in [0.5, 0.6) is 0 Å². The van der Waals surface area contributed by atoms with E-state index in [-0.39, 0.29) is 36.1 Å². The first kappa shape index (κ1) is 18.6. The van der Waals surface area contributed by atoms with Gasteiger partial charge in [0.25, 0.3) is 0 Å². The Morgan fingerprint density at radius 1 is 1.36 bits per heavy atom. The van der Waals surface area contributed by atoms with Crippen molar-refractivity contribution in [2.24, 2.45) is 0 Å². The summed E-state index contributed by atoms with van der Waals surface area (Å²) in [6.07, 6.45) is 1.96. The highest BCUT2D eigenvalue weighted by Crippen LogP contribution is 2.28. The summed E-state index contributed by atoms with van der Waals surface area (Å²) in [5, 5.41) is 3.92. The summed E-state index contributed by atoms with van der Waals surface area (Å²) < 4.78 is 34.5. The fourth-order valence-corrected chi connectivity index (χ4v) is 5.84. The Morgan fingerprint density at radius 3 is 2.84 bits per heavy atom. The first-order valence-corrected chi connectivity index (χ1v) is 11.2. The molecule has 2 saturated heterocycles. The SMILES string of the molecule is COCC(=O)N1CCN(Cc2nc(CSC)no2)[C@@H]2CS(=O)(=O)C[C@@H]21. The molecule has 0 bridgehead atoms. The molecular weight excluding hydrogens is 368 g/mol. The number of ether oxygens (including phenoxy) is 1. The molecule has 2 atom stereocenters. The topological polar surface area (TPSA) is 106 Å². The molecule has 1 aromatic heterocycles. The number of sulfone groups is 1. The molecule has 0 unspecified atom stereocenters. The van der Waals surface area contributed by atoms with Crippen molar-refractivity contribution in [3.8, 4) is 0 Å². The van der Waals surface area contributed by atoms with Gasteiger partial charge in [0, 0.05) is 26.2 Å². The van der Waals surface area contributed by atoms with Crippen LogP contribution in [0.15, 0.2) is 4.52 Å². The van der Waals surface area contributed by atoms with Crippen LogP contribution >= 0.6 is 11.8 Å². The minimum atomic E-state index is -3.19. The molecule has 0 spiro atoms. The van der Waals surface area contributed by atoms with Crippen molar-refractivity contribution >= 4 is 27.5 Å². The first-order valence-electron chi connectivity index (χ1n) is 7.97. The fourth-order valence-electron chi connectivity index (χ4n) is 3.45. The number of rotatable bonds is 6. The summed E-state index contributed by atoms with van der Waals surface area (Å²) in [4.78, 5) is 20.2. The van der Waals surface area contributed by atoms with Crippen LogP contribution in [-0.4, -0.2) is 90.9 Å². The molecule has 140 valence electrons. The lowest BCUT2D eigenvalue weighted by atomic mass is 10.0. The summed E-state index contributed by atoms with van der Waals surface area (Å²) in [5.41, 5.74) is 0. The predicted octanol–water partition coefficient (Wildman–Crippen LogP) is -0.611. The van der Waals surface area contributed by atoms with Crippen LogP contribution in [-0.2, 0) is 31.7 Å². The molecule has 0 N–H and O–H groups in total. The number of amides is 1. The van der Waals surface area contributed by atoms with Crippen LogP contribution < -0.4 is 0 Å². The zero-order valence-electron chi connectivity index (χ0n) is 14.3. The predicted molar refractivity (Wildman–Crippen MR) is 91.7 cm³/mol. The van der Waals surface area contributed by atoms with Crippen molar-refractivity contribution in [1.82, 2.24) is 19.9 Å². The van der Waals surface area contributed by atoms with Gasteiger partial charge in [-0.05, 0) is 6.26 Å². The van der Waals surface area contributed by atoms with Gasteiger partial charge >= 0.3 is 0 Å². The molecule has 0 saturated carbocycles. The maximum absolute atomic E-state index is 12.2. The molecule has 3 heterocycles. The number of carbonyl (C=O) groups is 1. The summed E-state index contributed by atoms with van der Waals surface area (Å²) in [5.74, 6) is 1.64. The molecule has 3 rings (SSSR count). The third-order valence-electron chi connectivity index (χ3n) is 4.50. The molecule has 0 aromatic carbocycles. The van der Waals surface area contributed by atoms with E-state index in [2.05, 4.69) is 10.1 Å². The van der Waals surface area contributed by atoms with Crippen LogP contribution in [0.25, 0.3) is 0 Å². The van der Waals surface area contributed by atoms with Gasteiger partial charge in [-0.2, -0.15) is 16.7 Å². The van der Waals surface area contributed by atoms with Crippen LogP contribution in [0.1, 0.15) is 11.7 Å². The second kappa shape index (κ2) is 7.60. The Morgan fingerprint density at radius 2 is 2.12 bits per heavy atom. The van der Waals surface area contributed by atoms with Crippen molar-refractivity contribution in [3.05, 3.63) is 11.7 Å². The molecule has 1 amide bonds. The smallest absolute Gasteiger partial charge is 0.248 e. The first-order chi connectivity index (χ1) is 11.9. The number of thioether (sulfide) groups is 1. The van der Waals surface area contributed by atoms with Crippen molar-refractivity contribution in [2.45, 2.75) is 24.4 Å². The highest BCUT2D eigenvalue weighted by molar-refractivity contribution is 7.97. The standard InChI is InChI=1S/C14H22N4O5S2/c1-22-6-14(19)18-4-3-17(10-8-25(20,21)9-11(10)18)5-13-15-12(7-24-2)16-23-13/h10-11H,3-9H2,1-2H3/t10-,11+/m1/s1. The molecule has 0 radical (unpaired) electrons. The third kappa shape index (κ3) is 4.15. The number of hydrogen-bond donors (Lipinski definition) is 0. The van der Waals surface area contributed by atoms with Gasteiger partial charge < -0.3 is 14.2 Å². The lowest BCUT2D eigenvalue weighted by molar-refractivity contribution is -0.141. The number of aromatic nitrogens is 2. The number of fused-ring (bicyclic) bond motifs is 1. The molecule has 2 aliphatic rings. The summed E-state index contributed by atoms with van der Waals surface area (Å²) in [6, 6.07) is -0.606. The van der Waals surface area contributed by atoms with E-state index in [4.69, 9.17) is 9.26 Å². The molecule has 2 aliphatic heterocycles. The third-order valence-corrected chi connectivity index (χ3v) is 6.75.